The molecule has 13 heavy (non-hydrogen) atoms. The van der Waals surface area contributed by atoms with Crippen molar-refractivity contribution in [2.45, 2.75) is 51.9 Å². The monoisotopic (exact) mass is 184 g/mol. The van der Waals surface area contributed by atoms with Crippen LogP contribution in [0.25, 0.3) is 0 Å². The Morgan fingerprint density at radius 1 is 1.00 bits per heavy atom. The largest absolute Gasteiger partial charge is 0.460 e. The highest BCUT2D eigenvalue weighted by atomic mass is 16.5. The molecule has 0 unspecified atom stereocenters. The number of unbranched alkanes of at least 4 members (excludes halogenated alkanes) is 6. The maximum atomic E-state index is 8.08. The number of hydrogen-bond acceptors (Lipinski definition) is 2. The van der Waals surface area contributed by atoms with E-state index in [1.807, 2.05) is 0 Å². The van der Waals surface area contributed by atoms with Gasteiger partial charge >= 0.3 is 0 Å². The predicted octanol–water partition coefficient (Wildman–Crippen LogP) is 3.04. The molecule has 2 heteroatoms. The summed E-state index contributed by atoms with van der Waals surface area (Å²) in [5.74, 6) is 0. The zero-order valence-corrected chi connectivity index (χ0v) is 8.51. The molecule has 0 aliphatic carbocycles. The Bertz CT molecular complexity index is 144. The summed E-state index contributed by atoms with van der Waals surface area (Å²) in [7, 11) is 0. The van der Waals surface area contributed by atoms with Crippen LogP contribution in [-0.2, 0) is 4.74 Å². The summed E-state index contributed by atoms with van der Waals surface area (Å²) in [5.41, 5.74) is 0. The molecule has 0 amide bonds. The van der Waals surface area contributed by atoms with Crippen LogP contribution in [0.4, 0.5) is 0 Å². The lowest BCUT2D eigenvalue weighted by atomic mass is 10.1. The second-order valence-electron chi connectivity index (χ2n) is 3.18. The molecule has 0 aromatic rings. The van der Waals surface area contributed by atoms with E-state index in [1.54, 1.807) is 6.11 Å². The van der Waals surface area contributed by atoms with Gasteiger partial charge in [-0.15, -0.1) is 0 Å². The van der Waals surface area contributed by atoms with E-state index in [-0.39, 0.29) is 0 Å². The van der Waals surface area contributed by atoms with E-state index in [1.165, 1.54) is 38.5 Å². The van der Waals surface area contributed by atoms with Crippen LogP contribution in [0.5, 0.6) is 0 Å². The van der Waals surface area contributed by atoms with Gasteiger partial charge in [0, 0.05) is 0 Å². The Hall–Kier alpha value is -0.840. The van der Waals surface area contributed by atoms with E-state index in [0.29, 0.717) is 6.61 Å². The molecule has 0 rings (SSSR count). The van der Waals surface area contributed by atoms with Gasteiger partial charge in [-0.3, -0.25) is 0 Å². The van der Waals surface area contributed by atoms with Crippen LogP contribution in [0, 0.1) is 12.2 Å². The molecule has 0 radical (unpaired) electrons. The first kappa shape index (κ1) is 12.2. The first-order valence-electron chi connectivity index (χ1n) is 5.17. The summed E-state index contributed by atoms with van der Waals surface area (Å²) < 4.78 is 4.80. The normalized spacial score (nSPS) is 9.00. The van der Waals surface area contributed by atoms with Gasteiger partial charge in [0.25, 0.3) is 0 Å². The highest BCUT2D eigenvalue weighted by Gasteiger charge is 1.90. The molecule has 0 aliphatic heterocycles. The van der Waals surface area contributed by atoms with E-state index < -0.39 is 0 Å². The Balaban J connectivity index is 2.86. The molecule has 0 aromatic carbocycles. The molecule has 0 saturated heterocycles. The minimum atomic E-state index is 0.640. The minimum absolute atomic E-state index is 0.640. The molecule has 0 aliphatic rings. The Morgan fingerprint density at radius 2 is 1.62 bits per heavy atom. The van der Waals surface area contributed by atoms with Crippen molar-refractivity contribution in [1.82, 2.24) is 0 Å². The first-order chi connectivity index (χ1) is 6.41. The fourth-order valence-corrected chi connectivity index (χ4v) is 1.21. The van der Waals surface area contributed by atoms with E-state index in [9.17, 15) is 0 Å². The number of ether oxygens (including phenoxy) is 1. The highest BCUT2D eigenvalue weighted by Crippen LogP contribution is 2.06. The van der Waals surface area contributed by atoms with Crippen molar-refractivity contribution in [3.8, 4) is 12.2 Å². The molecular formula is C11H20O2. The third-order valence-electron chi connectivity index (χ3n) is 1.97. The van der Waals surface area contributed by atoms with E-state index in [0.717, 1.165) is 6.42 Å². The van der Waals surface area contributed by atoms with Gasteiger partial charge in [0.05, 0.1) is 0 Å². The SMILES string of the molecule is CCCCCCCCCOC#CO. The average Bonchev–Trinajstić information content (AvgIpc) is 2.16. The van der Waals surface area contributed by atoms with Gasteiger partial charge < -0.3 is 9.84 Å². The molecule has 0 spiro atoms. The summed E-state index contributed by atoms with van der Waals surface area (Å²) in [5, 5.41) is 8.08. The van der Waals surface area contributed by atoms with Gasteiger partial charge in [0.2, 0.25) is 0 Å². The van der Waals surface area contributed by atoms with E-state index in [2.05, 4.69) is 13.0 Å². The fraction of sp³-hybridized carbons (Fsp3) is 0.818. The van der Waals surface area contributed by atoms with Crippen molar-refractivity contribution < 1.29 is 9.84 Å². The summed E-state index contributed by atoms with van der Waals surface area (Å²) >= 11 is 0. The number of hydrogen-bond donors (Lipinski definition) is 1. The van der Waals surface area contributed by atoms with Crippen LogP contribution >= 0.6 is 0 Å². The lowest BCUT2D eigenvalue weighted by molar-refractivity contribution is 0.262. The first-order valence-corrected chi connectivity index (χ1v) is 5.17. The molecule has 0 fully saturated rings. The third kappa shape index (κ3) is 11.2. The van der Waals surface area contributed by atoms with Crippen molar-refractivity contribution in [2.75, 3.05) is 6.61 Å². The second kappa shape index (κ2) is 11.2. The zero-order chi connectivity index (χ0) is 9.78. The standard InChI is InChI=1S/C11H20O2/c1-2-3-4-5-6-7-8-10-13-11-9-12/h12H,2-8,10H2,1H3. The number of rotatable bonds is 8. The predicted molar refractivity (Wildman–Crippen MR) is 53.7 cm³/mol. The van der Waals surface area contributed by atoms with Crippen molar-refractivity contribution in [1.29, 1.82) is 0 Å². The minimum Gasteiger partial charge on any atom is -0.460 e. The van der Waals surface area contributed by atoms with Crippen molar-refractivity contribution in [3.05, 3.63) is 0 Å². The summed E-state index contributed by atoms with van der Waals surface area (Å²) in [6.07, 6.45) is 12.8. The molecule has 0 atom stereocenters. The summed E-state index contributed by atoms with van der Waals surface area (Å²) in [4.78, 5) is 0. The summed E-state index contributed by atoms with van der Waals surface area (Å²) in [6.45, 7) is 2.86. The lowest BCUT2D eigenvalue weighted by Crippen LogP contribution is -1.88. The molecule has 2 nitrogen and oxygen atoms in total. The van der Waals surface area contributed by atoms with Crippen LogP contribution in [0.3, 0.4) is 0 Å². The average molecular weight is 184 g/mol. The maximum Gasteiger partial charge on any atom is 0.154 e. The van der Waals surface area contributed by atoms with Crippen molar-refractivity contribution in [3.63, 3.8) is 0 Å². The second-order valence-corrected chi connectivity index (χ2v) is 3.18. The van der Waals surface area contributed by atoms with Crippen molar-refractivity contribution in [2.24, 2.45) is 0 Å². The van der Waals surface area contributed by atoms with E-state index in [4.69, 9.17) is 9.84 Å². The Kier molecular flexibility index (Phi) is 10.4. The topological polar surface area (TPSA) is 29.5 Å². The zero-order valence-electron chi connectivity index (χ0n) is 8.51. The van der Waals surface area contributed by atoms with Crippen molar-refractivity contribution >= 4 is 0 Å². The quantitative estimate of drug-likeness (QED) is 0.464. The van der Waals surface area contributed by atoms with E-state index >= 15 is 0 Å². The highest BCUT2D eigenvalue weighted by molar-refractivity contribution is 4.76. The van der Waals surface area contributed by atoms with Gasteiger partial charge in [0.1, 0.15) is 6.61 Å². The van der Waals surface area contributed by atoms with Gasteiger partial charge in [-0.05, 0) is 6.42 Å². The van der Waals surface area contributed by atoms with Gasteiger partial charge in [-0.25, -0.2) is 0 Å². The number of aliphatic hydroxyl groups excluding tert-OH is 1. The Morgan fingerprint density at radius 3 is 2.23 bits per heavy atom. The van der Waals surface area contributed by atoms with Crippen LogP contribution < -0.4 is 0 Å². The molecule has 1 N–H and O–H groups in total. The molecule has 0 aromatic heterocycles. The Labute approximate surface area is 81.3 Å². The van der Waals surface area contributed by atoms with Gasteiger partial charge in [-0.2, -0.15) is 0 Å². The number of aliphatic hydroxyl groups is 1. The van der Waals surface area contributed by atoms with Gasteiger partial charge in [0.15, 0.2) is 12.2 Å². The van der Waals surface area contributed by atoms with Crippen LogP contribution in [0.1, 0.15) is 51.9 Å². The molecule has 76 valence electrons. The van der Waals surface area contributed by atoms with Gasteiger partial charge in [-0.1, -0.05) is 45.4 Å². The third-order valence-corrected chi connectivity index (χ3v) is 1.97. The lowest BCUT2D eigenvalue weighted by Gasteiger charge is -1.99. The van der Waals surface area contributed by atoms with Crippen LogP contribution in [-0.4, -0.2) is 11.7 Å². The van der Waals surface area contributed by atoms with Crippen LogP contribution in [0.2, 0.25) is 0 Å². The maximum absolute atomic E-state index is 8.08. The molecular weight excluding hydrogens is 164 g/mol. The summed E-state index contributed by atoms with van der Waals surface area (Å²) in [6, 6.07) is 0. The molecule has 0 saturated carbocycles. The van der Waals surface area contributed by atoms with Crippen LogP contribution in [0.15, 0.2) is 0 Å². The molecule has 0 heterocycles. The smallest absolute Gasteiger partial charge is 0.154 e. The molecule has 0 bridgehead atoms. The fourth-order valence-electron chi connectivity index (χ4n) is 1.21.